The molecule has 0 saturated carbocycles. The van der Waals surface area contributed by atoms with Gasteiger partial charge in [-0.2, -0.15) is 0 Å². The van der Waals surface area contributed by atoms with Crippen molar-refractivity contribution in [1.82, 2.24) is 4.98 Å². The average molecular weight is 212 g/mol. The Labute approximate surface area is 88.4 Å². The number of rotatable bonds is 3. The van der Waals surface area contributed by atoms with Crippen LogP contribution < -0.4 is 4.90 Å². The normalized spacial score (nSPS) is 22.6. The number of anilines is 1. The van der Waals surface area contributed by atoms with Crippen LogP contribution in [0.5, 0.6) is 0 Å². The first kappa shape index (κ1) is 9.93. The minimum atomic E-state index is 0.284. The molecule has 3 nitrogen and oxygen atoms in total. The number of hydrogen-bond donors (Lipinski definition) is 1. The van der Waals surface area contributed by atoms with Crippen LogP contribution in [0.25, 0.3) is 0 Å². The molecule has 78 valence electrons. The largest absolute Gasteiger partial charge is 0.396 e. The summed E-state index contributed by atoms with van der Waals surface area (Å²) in [4.78, 5) is 6.69. The standard InChI is InChI=1S/C10H16N2OS/c13-7-4-9-3-1-2-6-12(9)10-11-5-8-14-10/h5,8-9,13H,1-4,6-7H2. The Morgan fingerprint density at radius 3 is 3.21 bits per heavy atom. The lowest BCUT2D eigenvalue weighted by molar-refractivity contribution is 0.262. The summed E-state index contributed by atoms with van der Waals surface area (Å²) in [5, 5.41) is 12.1. The van der Waals surface area contributed by atoms with E-state index in [-0.39, 0.29) is 6.61 Å². The van der Waals surface area contributed by atoms with Crippen LogP contribution in [-0.2, 0) is 0 Å². The maximum atomic E-state index is 8.99. The van der Waals surface area contributed by atoms with Gasteiger partial charge in [0.1, 0.15) is 0 Å². The zero-order valence-electron chi connectivity index (χ0n) is 8.22. The molecule has 1 aromatic rings. The van der Waals surface area contributed by atoms with Crippen LogP contribution in [-0.4, -0.2) is 29.3 Å². The first-order valence-electron chi connectivity index (χ1n) is 5.19. The maximum absolute atomic E-state index is 8.99. The number of aliphatic hydroxyl groups is 1. The molecule has 0 radical (unpaired) electrons. The van der Waals surface area contributed by atoms with Crippen molar-refractivity contribution in [1.29, 1.82) is 0 Å². The molecule has 2 heterocycles. The van der Waals surface area contributed by atoms with Crippen molar-refractivity contribution >= 4 is 16.5 Å². The van der Waals surface area contributed by atoms with Crippen molar-refractivity contribution in [3.63, 3.8) is 0 Å². The SMILES string of the molecule is OCCC1CCCCN1c1nccs1. The molecule has 1 aliphatic heterocycles. The molecule has 2 rings (SSSR count). The molecule has 0 amide bonds. The first-order chi connectivity index (χ1) is 6.92. The predicted molar refractivity (Wildman–Crippen MR) is 58.8 cm³/mol. The second-order valence-corrected chi connectivity index (χ2v) is 4.54. The van der Waals surface area contributed by atoms with Gasteiger partial charge in [0.2, 0.25) is 0 Å². The van der Waals surface area contributed by atoms with Crippen LogP contribution in [0.2, 0.25) is 0 Å². The Kier molecular flexibility index (Phi) is 3.37. The molecule has 1 aliphatic rings. The summed E-state index contributed by atoms with van der Waals surface area (Å²) in [6, 6.07) is 0.500. The van der Waals surface area contributed by atoms with E-state index in [4.69, 9.17) is 5.11 Å². The molecule has 0 aromatic carbocycles. The summed E-state index contributed by atoms with van der Waals surface area (Å²) in [5.41, 5.74) is 0. The fourth-order valence-electron chi connectivity index (χ4n) is 2.06. The van der Waals surface area contributed by atoms with Gasteiger partial charge < -0.3 is 10.0 Å². The van der Waals surface area contributed by atoms with Crippen molar-refractivity contribution in [2.75, 3.05) is 18.1 Å². The van der Waals surface area contributed by atoms with E-state index in [0.29, 0.717) is 6.04 Å². The smallest absolute Gasteiger partial charge is 0.185 e. The predicted octanol–water partition coefficient (Wildman–Crippen LogP) is 1.88. The number of nitrogens with zero attached hydrogens (tertiary/aromatic N) is 2. The molecular formula is C10H16N2OS. The van der Waals surface area contributed by atoms with Gasteiger partial charge in [-0.3, -0.25) is 0 Å². The molecule has 0 spiro atoms. The van der Waals surface area contributed by atoms with E-state index in [1.165, 1.54) is 19.3 Å². The van der Waals surface area contributed by atoms with Gasteiger partial charge >= 0.3 is 0 Å². The van der Waals surface area contributed by atoms with Crippen LogP contribution in [0.1, 0.15) is 25.7 Å². The highest BCUT2D eigenvalue weighted by Gasteiger charge is 2.23. The third kappa shape index (κ3) is 2.07. The van der Waals surface area contributed by atoms with Gasteiger partial charge in [0.25, 0.3) is 0 Å². The minimum absolute atomic E-state index is 0.284. The second kappa shape index (κ2) is 4.75. The second-order valence-electron chi connectivity index (χ2n) is 3.67. The molecule has 0 bridgehead atoms. The first-order valence-corrected chi connectivity index (χ1v) is 6.07. The Hall–Kier alpha value is -0.610. The highest BCUT2D eigenvalue weighted by atomic mass is 32.1. The fourth-order valence-corrected chi connectivity index (χ4v) is 2.80. The number of hydrogen-bond acceptors (Lipinski definition) is 4. The molecule has 1 N–H and O–H groups in total. The Bertz CT molecular complexity index is 261. The van der Waals surface area contributed by atoms with E-state index in [9.17, 15) is 0 Å². The van der Waals surface area contributed by atoms with Crippen LogP contribution in [0.3, 0.4) is 0 Å². The fraction of sp³-hybridized carbons (Fsp3) is 0.700. The monoisotopic (exact) mass is 212 g/mol. The minimum Gasteiger partial charge on any atom is -0.396 e. The van der Waals surface area contributed by atoms with Crippen molar-refractivity contribution in [3.05, 3.63) is 11.6 Å². The summed E-state index contributed by atoms with van der Waals surface area (Å²) in [7, 11) is 0. The van der Waals surface area contributed by atoms with E-state index in [1.807, 2.05) is 11.6 Å². The molecule has 1 saturated heterocycles. The van der Waals surface area contributed by atoms with Crippen molar-refractivity contribution < 1.29 is 5.11 Å². The summed E-state index contributed by atoms with van der Waals surface area (Å²) in [5.74, 6) is 0. The lowest BCUT2D eigenvalue weighted by atomic mass is 10.0. The van der Waals surface area contributed by atoms with Gasteiger partial charge in [-0.05, 0) is 25.7 Å². The highest BCUT2D eigenvalue weighted by Crippen LogP contribution is 2.27. The average Bonchev–Trinajstić information content (AvgIpc) is 2.72. The lowest BCUT2D eigenvalue weighted by Gasteiger charge is -2.35. The molecule has 14 heavy (non-hydrogen) atoms. The van der Waals surface area contributed by atoms with E-state index in [0.717, 1.165) is 18.1 Å². The zero-order chi connectivity index (χ0) is 9.80. The molecule has 1 unspecified atom stereocenters. The van der Waals surface area contributed by atoms with Gasteiger partial charge in [0.15, 0.2) is 5.13 Å². The highest BCUT2D eigenvalue weighted by molar-refractivity contribution is 7.13. The molecular weight excluding hydrogens is 196 g/mol. The number of thiazole rings is 1. The van der Waals surface area contributed by atoms with Crippen LogP contribution in [0, 0.1) is 0 Å². The van der Waals surface area contributed by atoms with E-state index in [1.54, 1.807) is 11.3 Å². The van der Waals surface area contributed by atoms with Gasteiger partial charge in [-0.1, -0.05) is 0 Å². The maximum Gasteiger partial charge on any atom is 0.185 e. The van der Waals surface area contributed by atoms with E-state index < -0.39 is 0 Å². The summed E-state index contributed by atoms with van der Waals surface area (Å²) in [6.45, 7) is 1.38. The van der Waals surface area contributed by atoms with Gasteiger partial charge in [-0.25, -0.2) is 4.98 Å². The Balaban J connectivity index is 2.06. The zero-order valence-corrected chi connectivity index (χ0v) is 9.04. The topological polar surface area (TPSA) is 36.4 Å². The molecule has 4 heteroatoms. The van der Waals surface area contributed by atoms with Gasteiger partial charge in [-0.15, -0.1) is 11.3 Å². The van der Waals surface area contributed by atoms with Crippen molar-refractivity contribution in [2.24, 2.45) is 0 Å². The lowest BCUT2D eigenvalue weighted by Crippen LogP contribution is -2.40. The van der Waals surface area contributed by atoms with E-state index in [2.05, 4.69) is 9.88 Å². The molecule has 1 fully saturated rings. The quantitative estimate of drug-likeness (QED) is 0.831. The van der Waals surface area contributed by atoms with Crippen LogP contribution in [0.4, 0.5) is 5.13 Å². The summed E-state index contributed by atoms with van der Waals surface area (Å²) in [6.07, 6.45) is 6.46. The number of aliphatic hydroxyl groups excluding tert-OH is 1. The Morgan fingerprint density at radius 1 is 1.57 bits per heavy atom. The number of piperidine rings is 1. The van der Waals surface area contributed by atoms with Crippen molar-refractivity contribution in [3.8, 4) is 0 Å². The number of aromatic nitrogens is 1. The Morgan fingerprint density at radius 2 is 2.50 bits per heavy atom. The van der Waals surface area contributed by atoms with Crippen molar-refractivity contribution in [2.45, 2.75) is 31.7 Å². The van der Waals surface area contributed by atoms with E-state index >= 15 is 0 Å². The third-order valence-corrected chi connectivity index (χ3v) is 3.56. The third-order valence-electron chi connectivity index (χ3n) is 2.75. The summed E-state index contributed by atoms with van der Waals surface area (Å²) >= 11 is 1.69. The van der Waals surface area contributed by atoms with Crippen LogP contribution >= 0.6 is 11.3 Å². The van der Waals surface area contributed by atoms with Gasteiger partial charge in [0.05, 0.1) is 0 Å². The summed E-state index contributed by atoms with van der Waals surface area (Å²) < 4.78 is 0. The van der Waals surface area contributed by atoms with Gasteiger partial charge in [0, 0.05) is 30.8 Å². The molecule has 1 aromatic heterocycles. The molecule has 1 atom stereocenters. The molecule has 0 aliphatic carbocycles. The van der Waals surface area contributed by atoms with Crippen LogP contribution in [0.15, 0.2) is 11.6 Å².